The van der Waals surface area contributed by atoms with Gasteiger partial charge in [0.05, 0.1) is 11.4 Å². The zero-order valence-corrected chi connectivity index (χ0v) is 16.6. The third-order valence-electron chi connectivity index (χ3n) is 4.68. The van der Waals surface area contributed by atoms with Crippen LogP contribution in [0.3, 0.4) is 0 Å². The van der Waals surface area contributed by atoms with Crippen LogP contribution in [0.2, 0.25) is 10.2 Å². The fourth-order valence-electron chi connectivity index (χ4n) is 3.33. The van der Waals surface area contributed by atoms with Gasteiger partial charge in [0.1, 0.15) is 5.15 Å². The molecule has 27 heavy (non-hydrogen) atoms. The minimum Gasteiger partial charge on any atom is -0.321 e. The second kappa shape index (κ2) is 6.55. The molecule has 4 rings (SSSR count). The summed E-state index contributed by atoms with van der Waals surface area (Å²) in [4.78, 5) is 12.4. The molecule has 2 aromatic carbocycles. The maximum atomic E-state index is 12.4. The van der Waals surface area contributed by atoms with Crippen molar-refractivity contribution in [3.63, 3.8) is 0 Å². The van der Waals surface area contributed by atoms with Crippen molar-refractivity contribution in [1.29, 1.82) is 0 Å². The molecule has 3 aromatic rings. The van der Waals surface area contributed by atoms with Crippen molar-refractivity contribution < 1.29 is 4.79 Å². The van der Waals surface area contributed by atoms with Crippen LogP contribution in [-0.4, -0.2) is 15.7 Å². The molecule has 1 N–H and O–H groups in total. The van der Waals surface area contributed by atoms with Crippen LogP contribution in [-0.2, 0) is 4.79 Å². The van der Waals surface area contributed by atoms with E-state index >= 15 is 0 Å². The lowest BCUT2D eigenvalue weighted by Gasteiger charge is -2.08. The Hall–Kier alpha value is -2.56. The van der Waals surface area contributed by atoms with Crippen LogP contribution in [0.1, 0.15) is 27.9 Å². The number of fused-ring (bicyclic) bond motifs is 1. The third-order valence-corrected chi connectivity index (χ3v) is 5.28. The van der Waals surface area contributed by atoms with E-state index in [1.807, 2.05) is 32.9 Å². The van der Waals surface area contributed by atoms with E-state index < -0.39 is 0 Å². The summed E-state index contributed by atoms with van der Waals surface area (Å²) in [6.07, 6.45) is 1.78. The number of carbonyl (C=O) groups excluding carboxylic acids is 1. The number of hydrogen-bond acceptors (Lipinski definition) is 2. The summed E-state index contributed by atoms with van der Waals surface area (Å²) in [6.45, 7) is 5.95. The topological polar surface area (TPSA) is 46.9 Å². The Balaban J connectivity index is 1.85. The van der Waals surface area contributed by atoms with Crippen molar-refractivity contribution in [3.8, 4) is 5.69 Å². The van der Waals surface area contributed by atoms with Crippen molar-refractivity contribution in [2.24, 2.45) is 0 Å². The number of aromatic nitrogens is 2. The summed E-state index contributed by atoms with van der Waals surface area (Å²) < 4.78 is 1.71. The molecule has 0 unspecified atom stereocenters. The summed E-state index contributed by atoms with van der Waals surface area (Å²) in [5.41, 5.74) is 6.66. The minimum absolute atomic E-state index is 0.179. The van der Waals surface area contributed by atoms with E-state index in [1.165, 1.54) is 5.56 Å². The standard InChI is InChI=1S/C21H17Cl2N3O/c1-11-4-7-19(12(2)8-11)26-20(23)15(13(3)25-26)10-17-16-9-14(22)5-6-18(16)24-21(17)27/h4-10H,1-3H3,(H,24,27). The van der Waals surface area contributed by atoms with Crippen LogP contribution < -0.4 is 5.32 Å². The Morgan fingerprint density at radius 2 is 1.85 bits per heavy atom. The number of rotatable bonds is 2. The SMILES string of the molecule is Cc1ccc(-n2nc(C)c(C=C3C(=O)Nc4ccc(Cl)cc43)c2Cl)c(C)c1. The quantitative estimate of drug-likeness (QED) is 0.572. The lowest BCUT2D eigenvalue weighted by atomic mass is 10.0. The molecule has 2 heterocycles. The van der Waals surface area contributed by atoms with E-state index in [0.29, 0.717) is 15.7 Å². The van der Waals surface area contributed by atoms with Crippen LogP contribution in [0.25, 0.3) is 17.3 Å². The van der Waals surface area contributed by atoms with Crippen molar-refractivity contribution in [2.45, 2.75) is 20.8 Å². The van der Waals surface area contributed by atoms with Gasteiger partial charge >= 0.3 is 0 Å². The summed E-state index contributed by atoms with van der Waals surface area (Å²) in [5, 5.41) is 8.49. The van der Waals surface area contributed by atoms with E-state index in [9.17, 15) is 4.79 Å². The summed E-state index contributed by atoms with van der Waals surface area (Å²) >= 11 is 12.8. The lowest BCUT2D eigenvalue weighted by molar-refractivity contribution is -0.110. The highest BCUT2D eigenvalue weighted by molar-refractivity contribution is 6.38. The van der Waals surface area contributed by atoms with Gasteiger partial charge in [-0.15, -0.1) is 0 Å². The average molecular weight is 398 g/mol. The molecule has 136 valence electrons. The molecular weight excluding hydrogens is 381 g/mol. The molecule has 1 amide bonds. The molecule has 6 heteroatoms. The number of amides is 1. The molecule has 0 aliphatic carbocycles. The molecule has 4 nitrogen and oxygen atoms in total. The first-order valence-electron chi connectivity index (χ1n) is 8.51. The third kappa shape index (κ3) is 3.05. The van der Waals surface area contributed by atoms with Gasteiger partial charge < -0.3 is 5.32 Å². The van der Waals surface area contributed by atoms with Crippen LogP contribution in [0.15, 0.2) is 36.4 Å². The van der Waals surface area contributed by atoms with Gasteiger partial charge in [-0.2, -0.15) is 5.10 Å². The highest BCUT2D eigenvalue weighted by atomic mass is 35.5. The molecule has 0 fully saturated rings. The summed E-state index contributed by atoms with van der Waals surface area (Å²) in [7, 11) is 0. The van der Waals surface area contributed by atoms with Gasteiger partial charge in [-0.25, -0.2) is 4.68 Å². The van der Waals surface area contributed by atoms with E-state index in [1.54, 1.807) is 29.0 Å². The van der Waals surface area contributed by atoms with Crippen LogP contribution >= 0.6 is 23.2 Å². The monoisotopic (exact) mass is 397 g/mol. The molecule has 0 saturated heterocycles. The Bertz CT molecular complexity index is 1130. The fourth-order valence-corrected chi connectivity index (χ4v) is 3.82. The number of benzene rings is 2. The predicted octanol–water partition coefficient (Wildman–Crippen LogP) is 5.60. The largest absolute Gasteiger partial charge is 0.321 e. The highest BCUT2D eigenvalue weighted by Gasteiger charge is 2.26. The first-order valence-corrected chi connectivity index (χ1v) is 9.26. The fraction of sp³-hybridized carbons (Fsp3) is 0.143. The Labute approximate surface area is 167 Å². The Morgan fingerprint density at radius 3 is 2.59 bits per heavy atom. The average Bonchev–Trinajstić information content (AvgIpc) is 3.06. The lowest BCUT2D eigenvalue weighted by Crippen LogP contribution is -2.03. The summed E-state index contributed by atoms with van der Waals surface area (Å²) in [6, 6.07) is 11.4. The molecule has 1 aliphatic rings. The number of nitrogens with zero attached hydrogens (tertiary/aromatic N) is 2. The normalized spacial score (nSPS) is 14.6. The summed E-state index contributed by atoms with van der Waals surface area (Å²) in [5.74, 6) is -0.179. The maximum Gasteiger partial charge on any atom is 0.256 e. The number of anilines is 1. The van der Waals surface area contributed by atoms with Crippen molar-refractivity contribution in [1.82, 2.24) is 9.78 Å². The smallest absolute Gasteiger partial charge is 0.256 e. The second-order valence-corrected chi connectivity index (χ2v) is 7.49. The van der Waals surface area contributed by atoms with Gasteiger partial charge in [0.2, 0.25) is 0 Å². The van der Waals surface area contributed by atoms with Crippen molar-refractivity contribution >= 4 is 46.4 Å². The Kier molecular flexibility index (Phi) is 4.33. The highest BCUT2D eigenvalue weighted by Crippen LogP contribution is 2.37. The first kappa shape index (κ1) is 17.8. The Morgan fingerprint density at radius 1 is 1.07 bits per heavy atom. The predicted molar refractivity (Wildman–Crippen MR) is 111 cm³/mol. The van der Waals surface area contributed by atoms with Crippen molar-refractivity contribution in [3.05, 3.63) is 74.5 Å². The molecule has 1 aromatic heterocycles. The van der Waals surface area contributed by atoms with E-state index in [-0.39, 0.29) is 5.91 Å². The van der Waals surface area contributed by atoms with E-state index in [4.69, 9.17) is 23.2 Å². The molecule has 0 bridgehead atoms. The second-order valence-electron chi connectivity index (χ2n) is 6.69. The van der Waals surface area contributed by atoms with Gasteiger partial charge in [-0.3, -0.25) is 4.79 Å². The number of hydrogen-bond donors (Lipinski definition) is 1. The zero-order valence-electron chi connectivity index (χ0n) is 15.1. The number of halogens is 2. The maximum absolute atomic E-state index is 12.4. The first-order chi connectivity index (χ1) is 12.8. The molecule has 1 aliphatic heterocycles. The van der Waals surface area contributed by atoms with E-state index in [2.05, 4.69) is 16.5 Å². The molecule has 0 saturated carbocycles. The molecule has 0 spiro atoms. The number of aryl methyl sites for hydroxylation is 3. The zero-order chi connectivity index (χ0) is 19.3. The van der Waals surface area contributed by atoms with Crippen LogP contribution in [0.4, 0.5) is 5.69 Å². The molecule has 0 radical (unpaired) electrons. The van der Waals surface area contributed by atoms with Gasteiger partial charge in [-0.05, 0) is 56.7 Å². The van der Waals surface area contributed by atoms with Gasteiger partial charge in [0.25, 0.3) is 5.91 Å². The van der Waals surface area contributed by atoms with Crippen LogP contribution in [0, 0.1) is 20.8 Å². The van der Waals surface area contributed by atoms with Gasteiger partial charge in [0, 0.05) is 27.4 Å². The molecule has 0 atom stereocenters. The van der Waals surface area contributed by atoms with Crippen molar-refractivity contribution in [2.75, 3.05) is 5.32 Å². The van der Waals surface area contributed by atoms with Gasteiger partial charge in [-0.1, -0.05) is 40.9 Å². The van der Waals surface area contributed by atoms with E-state index in [0.717, 1.165) is 33.8 Å². The number of carbonyl (C=O) groups is 1. The molecular formula is C21H17Cl2N3O. The van der Waals surface area contributed by atoms with Gasteiger partial charge in [0.15, 0.2) is 0 Å². The number of nitrogens with one attached hydrogen (secondary N) is 1. The minimum atomic E-state index is -0.179. The van der Waals surface area contributed by atoms with Crippen LogP contribution in [0.5, 0.6) is 0 Å².